The van der Waals surface area contributed by atoms with Crippen molar-refractivity contribution < 1.29 is 19.4 Å². The number of phenols is 1. The fourth-order valence-electron chi connectivity index (χ4n) is 3.07. The zero-order valence-electron chi connectivity index (χ0n) is 14.9. The van der Waals surface area contributed by atoms with Crippen molar-refractivity contribution in [2.45, 2.75) is 6.92 Å². The molecule has 0 aromatic heterocycles. The molecule has 0 saturated carbocycles. The van der Waals surface area contributed by atoms with Crippen molar-refractivity contribution in [1.82, 2.24) is 0 Å². The molecule has 0 fully saturated rings. The molecule has 0 aliphatic carbocycles. The van der Waals surface area contributed by atoms with Crippen LogP contribution in [0.2, 0.25) is 0 Å². The molecule has 3 aromatic carbocycles. The van der Waals surface area contributed by atoms with E-state index in [1.54, 1.807) is 19.2 Å². The molecular formula is C22H20O4. The third-order valence-corrected chi connectivity index (χ3v) is 4.31. The molecule has 0 spiro atoms. The Morgan fingerprint density at radius 1 is 0.923 bits per heavy atom. The number of rotatable bonds is 4. The van der Waals surface area contributed by atoms with Crippen LogP contribution < -0.4 is 4.74 Å². The summed E-state index contributed by atoms with van der Waals surface area (Å²) in [5.74, 6) is 0.254. The van der Waals surface area contributed by atoms with Crippen molar-refractivity contribution in [3.8, 4) is 33.8 Å². The number of ether oxygens (including phenoxy) is 2. The summed E-state index contributed by atoms with van der Waals surface area (Å²) in [5.41, 5.74) is 4.85. The lowest BCUT2D eigenvalue weighted by Gasteiger charge is -2.15. The Kier molecular flexibility index (Phi) is 4.94. The van der Waals surface area contributed by atoms with Crippen LogP contribution in [0.5, 0.6) is 11.5 Å². The lowest BCUT2D eigenvalue weighted by Crippen LogP contribution is -2.00. The normalized spacial score (nSPS) is 10.4. The first-order chi connectivity index (χ1) is 12.5. The Morgan fingerprint density at radius 2 is 1.65 bits per heavy atom. The molecule has 0 aliphatic rings. The predicted octanol–water partition coefficient (Wildman–Crippen LogP) is 4.83. The second kappa shape index (κ2) is 7.31. The molecule has 3 aromatic rings. The minimum atomic E-state index is -0.486. The number of methoxy groups -OCH3 is 2. The molecule has 0 amide bonds. The van der Waals surface area contributed by atoms with Gasteiger partial charge in [-0.3, -0.25) is 0 Å². The van der Waals surface area contributed by atoms with Crippen LogP contribution in [0, 0.1) is 6.92 Å². The van der Waals surface area contributed by atoms with Crippen molar-refractivity contribution in [2.24, 2.45) is 0 Å². The number of phenolic OH excluding ortho intramolecular Hbond substituents is 1. The first kappa shape index (κ1) is 17.5. The summed E-state index contributed by atoms with van der Waals surface area (Å²) in [7, 11) is 2.94. The summed E-state index contributed by atoms with van der Waals surface area (Å²) in [5, 5.41) is 10.4. The van der Waals surface area contributed by atoms with Crippen molar-refractivity contribution in [1.29, 1.82) is 0 Å². The molecule has 0 heterocycles. The largest absolute Gasteiger partial charge is 0.507 e. The Hall–Kier alpha value is -3.27. The standard InChI is InChI=1S/C22H20O4/c1-14-11-17(18-10-9-16(12-19(18)23)22(24)26-3)13-20(25-2)21(14)15-7-5-4-6-8-15/h4-13,23H,1-3H3. The maximum atomic E-state index is 11.6. The van der Waals surface area contributed by atoms with E-state index in [9.17, 15) is 9.90 Å². The second-order valence-electron chi connectivity index (χ2n) is 5.96. The van der Waals surface area contributed by atoms with Gasteiger partial charge in [-0.25, -0.2) is 4.79 Å². The van der Waals surface area contributed by atoms with Gasteiger partial charge in [0.05, 0.1) is 19.8 Å². The van der Waals surface area contributed by atoms with Crippen LogP contribution >= 0.6 is 0 Å². The number of benzene rings is 3. The number of hydrogen-bond donors (Lipinski definition) is 1. The highest BCUT2D eigenvalue weighted by Gasteiger charge is 2.15. The van der Waals surface area contributed by atoms with Gasteiger partial charge in [0.2, 0.25) is 0 Å². The van der Waals surface area contributed by atoms with Crippen molar-refractivity contribution in [3.63, 3.8) is 0 Å². The van der Waals surface area contributed by atoms with Crippen LogP contribution in [0.25, 0.3) is 22.3 Å². The van der Waals surface area contributed by atoms with Gasteiger partial charge in [0.15, 0.2) is 0 Å². The molecule has 0 bridgehead atoms. The van der Waals surface area contributed by atoms with Gasteiger partial charge in [0.1, 0.15) is 11.5 Å². The van der Waals surface area contributed by atoms with Crippen LogP contribution in [0.4, 0.5) is 0 Å². The minimum Gasteiger partial charge on any atom is -0.507 e. The lowest BCUT2D eigenvalue weighted by molar-refractivity contribution is 0.0600. The minimum absolute atomic E-state index is 0.0156. The third-order valence-electron chi connectivity index (χ3n) is 4.31. The summed E-state index contributed by atoms with van der Waals surface area (Å²) in [4.78, 5) is 11.6. The van der Waals surface area contributed by atoms with Crippen LogP contribution in [0.15, 0.2) is 60.7 Å². The topological polar surface area (TPSA) is 55.8 Å². The summed E-state index contributed by atoms with van der Waals surface area (Å²) in [6.45, 7) is 2.01. The SMILES string of the molecule is COC(=O)c1ccc(-c2cc(C)c(-c3ccccc3)c(OC)c2)c(O)c1. The van der Waals surface area contributed by atoms with E-state index in [4.69, 9.17) is 4.74 Å². The third kappa shape index (κ3) is 3.26. The van der Waals surface area contributed by atoms with Crippen LogP contribution in [0.1, 0.15) is 15.9 Å². The molecule has 0 saturated heterocycles. The van der Waals surface area contributed by atoms with Crippen LogP contribution in [-0.2, 0) is 4.74 Å². The molecule has 4 nitrogen and oxygen atoms in total. The molecular weight excluding hydrogens is 328 g/mol. The zero-order valence-corrected chi connectivity index (χ0v) is 14.9. The van der Waals surface area contributed by atoms with Crippen LogP contribution in [-0.4, -0.2) is 25.3 Å². The maximum absolute atomic E-state index is 11.6. The fourth-order valence-corrected chi connectivity index (χ4v) is 3.07. The van der Waals surface area contributed by atoms with E-state index in [1.165, 1.54) is 13.2 Å². The molecule has 132 valence electrons. The van der Waals surface area contributed by atoms with E-state index in [-0.39, 0.29) is 5.75 Å². The summed E-state index contributed by atoms with van der Waals surface area (Å²) >= 11 is 0. The average molecular weight is 348 g/mol. The highest BCUT2D eigenvalue weighted by Crippen LogP contribution is 2.39. The lowest BCUT2D eigenvalue weighted by atomic mass is 9.94. The molecule has 4 heteroatoms. The van der Waals surface area contributed by atoms with Gasteiger partial charge in [0, 0.05) is 11.1 Å². The number of hydrogen-bond acceptors (Lipinski definition) is 4. The molecule has 0 aliphatic heterocycles. The number of aryl methyl sites for hydroxylation is 1. The Bertz CT molecular complexity index is 946. The molecule has 3 rings (SSSR count). The zero-order chi connectivity index (χ0) is 18.7. The molecule has 0 radical (unpaired) electrons. The molecule has 0 unspecified atom stereocenters. The van der Waals surface area contributed by atoms with Gasteiger partial charge in [-0.05, 0) is 47.9 Å². The Balaban J connectivity index is 2.10. The van der Waals surface area contributed by atoms with E-state index in [0.717, 1.165) is 28.0 Å². The molecule has 1 N–H and O–H groups in total. The van der Waals surface area contributed by atoms with Gasteiger partial charge >= 0.3 is 5.97 Å². The number of carbonyl (C=O) groups is 1. The quantitative estimate of drug-likeness (QED) is 0.686. The van der Waals surface area contributed by atoms with Gasteiger partial charge in [0.25, 0.3) is 0 Å². The predicted molar refractivity (Wildman–Crippen MR) is 102 cm³/mol. The van der Waals surface area contributed by atoms with E-state index >= 15 is 0 Å². The van der Waals surface area contributed by atoms with E-state index in [1.807, 2.05) is 49.4 Å². The van der Waals surface area contributed by atoms with Gasteiger partial charge in [-0.2, -0.15) is 0 Å². The highest BCUT2D eigenvalue weighted by molar-refractivity contribution is 5.91. The summed E-state index contributed by atoms with van der Waals surface area (Å²) < 4.78 is 10.3. The molecule has 0 atom stereocenters. The van der Waals surface area contributed by atoms with E-state index < -0.39 is 5.97 Å². The second-order valence-corrected chi connectivity index (χ2v) is 5.96. The Morgan fingerprint density at radius 3 is 2.27 bits per heavy atom. The smallest absolute Gasteiger partial charge is 0.337 e. The summed E-state index contributed by atoms with van der Waals surface area (Å²) in [6, 6.07) is 18.7. The van der Waals surface area contributed by atoms with Crippen LogP contribution in [0.3, 0.4) is 0 Å². The Labute approximate surface area is 152 Å². The average Bonchev–Trinajstić information content (AvgIpc) is 2.67. The fraction of sp³-hybridized carbons (Fsp3) is 0.136. The first-order valence-electron chi connectivity index (χ1n) is 8.21. The maximum Gasteiger partial charge on any atom is 0.337 e. The summed E-state index contributed by atoms with van der Waals surface area (Å²) in [6.07, 6.45) is 0. The van der Waals surface area contributed by atoms with Gasteiger partial charge in [-0.15, -0.1) is 0 Å². The number of esters is 1. The molecule has 26 heavy (non-hydrogen) atoms. The number of aromatic hydroxyl groups is 1. The van der Waals surface area contributed by atoms with E-state index in [0.29, 0.717) is 11.1 Å². The highest BCUT2D eigenvalue weighted by atomic mass is 16.5. The van der Waals surface area contributed by atoms with Gasteiger partial charge < -0.3 is 14.6 Å². The van der Waals surface area contributed by atoms with E-state index in [2.05, 4.69) is 4.74 Å². The monoisotopic (exact) mass is 348 g/mol. The first-order valence-corrected chi connectivity index (χ1v) is 8.21. The van der Waals surface area contributed by atoms with Gasteiger partial charge in [-0.1, -0.05) is 36.4 Å². The van der Waals surface area contributed by atoms with Crippen molar-refractivity contribution in [2.75, 3.05) is 14.2 Å². The van der Waals surface area contributed by atoms with Crippen molar-refractivity contribution in [3.05, 3.63) is 71.8 Å². The van der Waals surface area contributed by atoms with Crippen molar-refractivity contribution >= 4 is 5.97 Å². The number of carbonyl (C=O) groups excluding carboxylic acids is 1.